The van der Waals surface area contributed by atoms with Crippen molar-refractivity contribution in [2.24, 2.45) is 0 Å². The monoisotopic (exact) mass is 415 g/mol. The highest BCUT2D eigenvalue weighted by molar-refractivity contribution is 7.10. The molecule has 1 fully saturated rings. The van der Waals surface area contributed by atoms with Gasteiger partial charge in [-0.05, 0) is 36.4 Å². The molecule has 2 heterocycles. The maximum absolute atomic E-state index is 12.9. The van der Waals surface area contributed by atoms with Crippen molar-refractivity contribution in [3.05, 3.63) is 57.8 Å². The molecule has 1 N–H and O–H groups in total. The quantitative estimate of drug-likeness (QED) is 0.290. The summed E-state index contributed by atoms with van der Waals surface area (Å²) in [5.74, 6) is -0.839. The highest BCUT2D eigenvalue weighted by Gasteiger charge is 2.46. The third-order valence-corrected chi connectivity index (χ3v) is 5.61. The first-order valence-corrected chi connectivity index (χ1v) is 10.5. The lowest BCUT2D eigenvalue weighted by molar-refractivity contribution is -0.140. The van der Waals surface area contributed by atoms with E-state index in [0.29, 0.717) is 37.5 Å². The molecule has 1 aliphatic rings. The summed E-state index contributed by atoms with van der Waals surface area (Å²) in [5.41, 5.74) is 0.567. The van der Waals surface area contributed by atoms with Crippen LogP contribution in [0.4, 0.5) is 0 Å². The van der Waals surface area contributed by atoms with E-state index in [2.05, 4.69) is 0 Å². The van der Waals surface area contributed by atoms with Crippen molar-refractivity contribution in [1.29, 1.82) is 0 Å². The second kappa shape index (κ2) is 9.71. The van der Waals surface area contributed by atoms with E-state index < -0.39 is 17.7 Å². The average Bonchev–Trinajstić information content (AvgIpc) is 3.34. The Morgan fingerprint density at radius 1 is 1.21 bits per heavy atom. The fourth-order valence-electron chi connectivity index (χ4n) is 3.34. The van der Waals surface area contributed by atoms with Gasteiger partial charge in [-0.3, -0.25) is 9.59 Å². The molecule has 3 rings (SSSR count). The van der Waals surface area contributed by atoms with Crippen LogP contribution in [-0.4, -0.2) is 48.6 Å². The van der Waals surface area contributed by atoms with Crippen molar-refractivity contribution in [3.8, 4) is 5.75 Å². The molecule has 1 saturated heterocycles. The van der Waals surface area contributed by atoms with E-state index in [1.54, 1.807) is 31.4 Å². The predicted molar refractivity (Wildman–Crippen MR) is 112 cm³/mol. The zero-order valence-electron chi connectivity index (χ0n) is 16.6. The minimum Gasteiger partial charge on any atom is -0.507 e. The van der Waals surface area contributed by atoms with Gasteiger partial charge in [-0.15, -0.1) is 11.3 Å². The molecule has 1 aromatic heterocycles. The van der Waals surface area contributed by atoms with Crippen LogP contribution < -0.4 is 4.74 Å². The summed E-state index contributed by atoms with van der Waals surface area (Å²) in [4.78, 5) is 27.9. The number of hydrogen-bond acceptors (Lipinski definition) is 6. The SMILES string of the molecule is CCCOc1cccc(/C(O)=C2/C(=O)C(=O)N(CCCOC)C2c2cccs2)c1. The first-order valence-electron chi connectivity index (χ1n) is 9.62. The smallest absolute Gasteiger partial charge is 0.295 e. The summed E-state index contributed by atoms with van der Waals surface area (Å²) >= 11 is 1.45. The maximum atomic E-state index is 12.9. The third kappa shape index (κ3) is 4.52. The first-order chi connectivity index (χ1) is 14.1. The molecule has 1 unspecified atom stereocenters. The molecule has 1 atom stereocenters. The van der Waals surface area contributed by atoms with Crippen molar-refractivity contribution in [2.45, 2.75) is 25.8 Å². The van der Waals surface area contributed by atoms with E-state index in [9.17, 15) is 14.7 Å². The zero-order chi connectivity index (χ0) is 20.8. The summed E-state index contributed by atoms with van der Waals surface area (Å²) in [6.07, 6.45) is 1.47. The second-order valence-corrected chi connectivity index (χ2v) is 7.71. The van der Waals surface area contributed by atoms with E-state index >= 15 is 0 Å². The summed E-state index contributed by atoms with van der Waals surface area (Å²) in [7, 11) is 1.60. The van der Waals surface area contributed by atoms with Gasteiger partial charge in [-0.1, -0.05) is 25.1 Å². The van der Waals surface area contributed by atoms with Crippen LogP contribution in [0.1, 0.15) is 36.2 Å². The number of aliphatic hydroxyl groups is 1. The Balaban J connectivity index is 2.02. The van der Waals surface area contributed by atoms with Gasteiger partial charge in [0.05, 0.1) is 18.2 Å². The van der Waals surface area contributed by atoms with Crippen LogP contribution in [0.25, 0.3) is 5.76 Å². The molecule has 7 heteroatoms. The number of aliphatic hydroxyl groups excluding tert-OH is 1. The highest BCUT2D eigenvalue weighted by atomic mass is 32.1. The Hall–Kier alpha value is -2.64. The molecule has 1 amide bonds. The second-order valence-electron chi connectivity index (χ2n) is 6.73. The predicted octanol–water partition coefficient (Wildman–Crippen LogP) is 4.00. The van der Waals surface area contributed by atoms with E-state index in [1.807, 2.05) is 24.4 Å². The van der Waals surface area contributed by atoms with Crippen LogP contribution >= 0.6 is 11.3 Å². The van der Waals surface area contributed by atoms with Crippen LogP contribution in [0.15, 0.2) is 47.4 Å². The zero-order valence-corrected chi connectivity index (χ0v) is 17.4. The number of nitrogens with zero attached hydrogens (tertiary/aromatic N) is 1. The number of hydrogen-bond donors (Lipinski definition) is 1. The number of thiophene rings is 1. The van der Waals surface area contributed by atoms with Gasteiger partial charge < -0.3 is 19.5 Å². The topological polar surface area (TPSA) is 76.1 Å². The van der Waals surface area contributed by atoms with Crippen LogP contribution in [-0.2, 0) is 14.3 Å². The molecule has 154 valence electrons. The molecular weight excluding hydrogens is 390 g/mol. The Labute approximate surface area is 174 Å². The van der Waals surface area contributed by atoms with E-state index in [-0.39, 0.29) is 11.3 Å². The van der Waals surface area contributed by atoms with Crippen molar-refractivity contribution in [1.82, 2.24) is 4.90 Å². The summed E-state index contributed by atoms with van der Waals surface area (Å²) in [6.45, 7) is 3.42. The molecule has 1 aromatic carbocycles. The summed E-state index contributed by atoms with van der Waals surface area (Å²) in [5, 5.41) is 12.9. The minimum atomic E-state index is -0.668. The standard InChI is InChI=1S/C22H25NO5S/c1-3-11-28-16-8-4-7-15(14-16)20(24)18-19(17-9-5-13-29-17)23(10-6-12-27-2)22(26)21(18)25/h4-5,7-9,13-14,19,24H,3,6,10-12H2,1-2H3/b20-18-. The molecular formula is C22H25NO5S. The normalized spacial score (nSPS) is 18.4. The fraction of sp³-hybridized carbons (Fsp3) is 0.364. The number of carbonyl (C=O) groups excluding carboxylic acids is 2. The molecule has 0 spiro atoms. The van der Waals surface area contributed by atoms with Gasteiger partial charge >= 0.3 is 0 Å². The number of carbonyl (C=O) groups is 2. The third-order valence-electron chi connectivity index (χ3n) is 4.68. The van der Waals surface area contributed by atoms with Crippen LogP contribution in [0.2, 0.25) is 0 Å². The largest absolute Gasteiger partial charge is 0.507 e. The number of ether oxygens (including phenoxy) is 2. The van der Waals surface area contributed by atoms with Gasteiger partial charge in [0.25, 0.3) is 11.7 Å². The number of methoxy groups -OCH3 is 1. The number of likely N-dealkylation sites (tertiary alicyclic amines) is 1. The van der Waals surface area contributed by atoms with Crippen LogP contribution in [0, 0.1) is 0 Å². The van der Waals surface area contributed by atoms with Crippen molar-refractivity contribution in [2.75, 3.05) is 26.9 Å². The summed E-state index contributed by atoms with van der Waals surface area (Å²) in [6, 6.07) is 10.1. The maximum Gasteiger partial charge on any atom is 0.295 e. The molecule has 29 heavy (non-hydrogen) atoms. The van der Waals surface area contributed by atoms with Crippen molar-refractivity contribution in [3.63, 3.8) is 0 Å². The first kappa shape index (κ1) is 21.1. The number of amides is 1. The molecule has 6 nitrogen and oxygen atoms in total. The van der Waals surface area contributed by atoms with Crippen LogP contribution in [0.5, 0.6) is 5.75 Å². The lowest BCUT2D eigenvalue weighted by Crippen LogP contribution is -2.31. The van der Waals surface area contributed by atoms with Gasteiger partial charge in [0.1, 0.15) is 11.5 Å². The number of rotatable bonds is 9. The van der Waals surface area contributed by atoms with Gasteiger partial charge in [0, 0.05) is 30.7 Å². The van der Waals surface area contributed by atoms with Crippen LogP contribution in [0.3, 0.4) is 0 Å². The molecule has 1 aliphatic heterocycles. The number of Topliss-reactive ketones (excluding diaryl/α,β-unsaturated/α-hetero) is 1. The van der Waals surface area contributed by atoms with E-state index in [0.717, 1.165) is 11.3 Å². The number of ketones is 1. The highest BCUT2D eigenvalue weighted by Crippen LogP contribution is 2.41. The van der Waals surface area contributed by atoms with Gasteiger partial charge in [0.2, 0.25) is 0 Å². The Bertz CT molecular complexity index is 890. The number of benzene rings is 1. The van der Waals surface area contributed by atoms with E-state index in [1.165, 1.54) is 16.2 Å². The van der Waals surface area contributed by atoms with Crippen molar-refractivity contribution >= 4 is 28.8 Å². The fourth-order valence-corrected chi connectivity index (χ4v) is 4.19. The van der Waals surface area contributed by atoms with E-state index in [4.69, 9.17) is 9.47 Å². The summed E-state index contributed by atoms with van der Waals surface area (Å²) < 4.78 is 10.7. The molecule has 2 aromatic rings. The van der Waals surface area contributed by atoms with Crippen molar-refractivity contribution < 1.29 is 24.2 Å². The Morgan fingerprint density at radius 2 is 2.03 bits per heavy atom. The molecule has 0 bridgehead atoms. The van der Waals surface area contributed by atoms with Gasteiger partial charge in [0.15, 0.2) is 0 Å². The minimum absolute atomic E-state index is 0.113. The molecule has 0 radical (unpaired) electrons. The Morgan fingerprint density at radius 3 is 2.72 bits per heavy atom. The average molecular weight is 416 g/mol. The lowest BCUT2D eigenvalue weighted by atomic mass is 9.99. The molecule has 0 aliphatic carbocycles. The van der Waals surface area contributed by atoms with Gasteiger partial charge in [-0.2, -0.15) is 0 Å². The molecule has 0 saturated carbocycles. The lowest BCUT2D eigenvalue weighted by Gasteiger charge is -2.24. The van der Waals surface area contributed by atoms with Gasteiger partial charge in [-0.25, -0.2) is 0 Å². The Kier molecular flexibility index (Phi) is 7.06.